The molecule has 1 aliphatic carbocycles. The van der Waals surface area contributed by atoms with Gasteiger partial charge >= 0.3 is 0 Å². The van der Waals surface area contributed by atoms with Crippen molar-refractivity contribution in [3.63, 3.8) is 0 Å². The van der Waals surface area contributed by atoms with Crippen molar-refractivity contribution in [3.05, 3.63) is 82.0 Å². The topological polar surface area (TPSA) is 67.9 Å². The lowest BCUT2D eigenvalue weighted by atomic mass is 9.94. The van der Waals surface area contributed by atoms with E-state index >= 15 is 0 Å². The Morgan fingerprint density at radius 1 is 0.971 bits per heavy atom. The van der Waals surface area contributed by atoms with Crippen LogP contribution in [-0.2, 0) is 11.3 Å². The van der Waals surface area contributed by atoms with Gasteiger partial charge in [0.25, 0.3) is 5.91 Å². The lowest BCUT2D eigenvalue weighted by molar-refractivity contribution is -0.127. The normalized spacial score (nSPS) is 14.7. The number of thiophene rings is 1. The maximum atomic E-state index is 13.9. The summed E-state index contributed by atoms with van der Waals surface area (Å²) >= 11 is 1.38. The minimum Gasteiger partial charge on any atom is -0.497 e. The van der Waals surface area contributed by atoms with Gasteiger partial charge in [0.05, 0.1) is 19.1 Å². The molecule has 0 spiro atoms. The molecule has 0 aliphatic heterocycles. The van der Waals surface area contributed by atoms with Crippen LogP contribution in [0, 0.1) is 0 Å². The summed E-state index contributed by atoms with van der Waals surface area (Å²) in [6.07, 6.45) is 5.35. The lowest BCUT2D eigenvalue weighted by Crippen LogP contribution is -2.46. The fourth-order valence-electron chi connectivity index (χ4n) is 4.56. The molecule has 0 radical (unpaired) electrons. The fourth-order valence-corrected chi connectivity index (χ4v) is 5.24. The van der Waals surface area contributed by atoms with Gasteiger partial charge in [-0.1, -0.05) is 49.6 Å². The maximum absolute atomic E-state index is 13.9. The largest absolute Gasteiger partial charge is 0.497 e. The molecule has 0 bridgehead atoms. The Balaban J connectivity index is 1.73. The van der Waals surface area contributed by atoms with Gasteiger partial charge in [0.1, 0.15) is 17.5 Å². The Bertz CT molecular complexity index is 1110. The number of carbonyl (C=O) groups is 2. The van der Waals surface area contributed by atoms with Crippen LogP contribution in [0.15, 0.2) is 66.0 Å². The number of nitrogens with zero attached hydrogens (tertiary/aromatic N) is 1. The van der Waals surface area contributed by atoms with Gasteiger partial charge in [0.15, 0.2) is 0 Å². The lowest BCUT2D eigenvalue weighted by Gasteiger charge is -2.33. The molecule has 184 valence electrons. The van der Waals surface area contributed by atoms with Gasteiger partial charge in [-0.2, -0.15) is 0 Å². The number of ether oxygens (including phenoxy) is 2. The maximum Gasteiger partial charge on any atom is 0.265 e. The van der Waals surface area contributed by atoms with Crippen LogP contribution in [0.5, 0.6) is 11.5 Å². The number of carbonyl (C=O) groups excluding carboxylic acids is 2. The third-order valence-corrected chi connectivity index (χ3v) is 7.28. The standard InChI is InChI=1S/C28H32N2O4S/c1-33-23-15-13-20(14-16-23)19-30(28(32)25-12-7-17-35-25)26(21-8-6-11-24(18-21)34-2)27(31)29-22-9-4-3-5-10-22/h6-8,11-18,22,26H,3-5,9-10,19H2,1-2H3,(H,29,31)/t26-/m1/s1. The molecule has 0 saturated heterocycles. The summed E-state index contributed by atoms with van der Waals surface area (Å²) in [5.74, 6) is 1.04. The number of benzene rings is 2. The molecule has 7 heteroatoms. The van der Waals surface area contributed by atoms with E-state index in [1.165, 1.54) is 17.8 Å². The first-order valence-corrected chi connectivity index (χ1v) is 12.9. The van der Waals surface area contributed by atoms with Crippen molar-refractivity contribution >= 4 is 23.2 Å². The molecule has 4 rings (SSSR count). The highest BCUT2D eigenvalue weighted by molar-refractivity contribution is 7.12. The monoisotopic (exact) mass is 492 g/mol. The van der Waals surface area contributed by atoms with E-state index in [4.69, 9.17) is 9.47 Å². The van der Waals surface area contributed by atoms with E-state index < -0.39 is 6.04 Å². The molecule has 3 aromatic rings. The summed E-state index contributed by atoms with van der Waals surface area (Å²) in [6, 6.07) is 18.0. The van der Waals surface area contributed by atoms with Crippen molar-refractivity contribution in [2.45, 2.75) is 50.7 Å². The third kappa shape index (κ3) is 6.22. The number of hydrogen-bond acceptors (Lipinski definition) is 5. The molecule has 2 amide bonds. The Morgan fingerprint density at radius 2 is 1.71 bits per heavy atom. The van der Waals surface area contributed by atoms with Gasteiger partial charge in [0, 0.05) is 12.6 Å². The number of rotatable bonds is 9. The Labute approximate surface area is 210 Å². The highest BCUT2D eigenvalue weighted by Crippen LogP contribution is 2.30. The van der Waals surface area contributed by atoms with Gasteiger partial charge in [-0.25, -0.2) is 0 Å². The van der Waals surface area contributed by atoms with Crippen LogP contribution < -0.4 is 14.8 Å². The second kappa shape index (κ2) is 11.9. The Kier molecular flexibility index (Phi) is 8.42. The fraction of sp³-hybridized carbons (Fsp3) is 0.357. The van der Waals surface area contributed by atoms with E-state index in [9.17, 15) is 9.59 Å². The first-order valence-electron chi connectivity index (χ1n) is 12.0. The number of nitrogens with one attached hydrogen (secondary N) is 1. The zero-order valence-electron chi connectivity index (χ0n) is 20.2. The zero-order chi connectivity index (χ0) is 24.6. The van der Waals surface area contributed by atoms with Crippen molar-refractivity contribution < 1.29 is 19.1 Å². The molecule has 6 nitrogen and oxygen atoms in total. The smallest absolute Gasteiger partial charge is 0.265 e. The summed E-state index contributed by atoms with van der Waals surface area (Å²) in [4.78, 5) is 29.9. The third-order valence-electron chi connectivity index (χ3n) is 6.43. The molecule has 2 aromatic carbocycles. The quantitative estimate of drug-likeness (QED) is 0.422. The van der Waals surface area contributed by atoms with E-state index in [2.05, 4.69) is 5.32 Å². The molecule has 1 atom stereocenters. The first-order chi connectivity index (χ1) is 17.1. The molecule has 1 fully saturated rings. The molecule has 1 aromatic heterocycles. The Morgan fingerprint density at radius 3 is 2.37 bits per heavy atom. The van der Waals surface area contributed by atoms with Crippen LogP contribution in [0.1, 0.15) is 58.9 Å². The van der Waals surface area contributed by atoms with E-state index in [0.717, 1.165) is 42.6 Å². The van der Waals surface area contributed by atoms with Crippen molar-refractivity contribution in [2.24, 2.45) is 0 Å². The average molecular weight is 493 g/mol. The number of methoxy groups -OCH3 is 2. The Hall–Kier alpha value is -3.32. The summed E-state index contributed by atoms with van der Waals surface area (Å²) in [5, 5.41) is 5.13. The minimum atomic E-state index is -0.802. The van der Waals surface area contributed by atoms with Crippen LogP contribution in [0.2, 0.25) is 0 Å². The highest BCUT2D eigenvalue weighted by atomic mass is 32.1. The van der Waals surface area contributed by atoms with Gasteiger partial charge in [-0.15, -0.1) is 11.3 Å². The summed E-state index contributed by atoms with van der Waals surface area (Å²) in [5.41, 5.74) is 1.63. The van der Waals surface area contributed by atoms with Crippen molar-refractivity contribution in [1.82, 2.24) is 10.2 Å². The highest BCUT2D eigenvalue weighted by Gasteiger charge is 2.34. The van der Waals surface area contributed by atoms with Gasteiger partial charge in [-0.3, -0.25) is 9.59 Å². The van der Waals surface area contributed by atoms with Crippen LogP contribution >= 0.6 is 11.3 Å². The SMILES string of the molecule is COc1ccc(CN(C(=O)c2cccs2)[C@@H](C(=O)NC2CCCCC2)c2cccc(OC)c2)cc1. The van der Waals surface area contributed by atoms with Crippen molar-refractivity contribution in [1.29, 1.82) is 0 Å². The number of hydrogen-bond donors (Lipinski definition) is 1. The molecule has 1 N–H and O–H groups in total. The van der Waals surface area contributed by atoms with Gasteiger partial charge < -0.3 is 19.7 Å². The van der Waals surface area contributed by atoms with Crippen molar-refractivity contribution in [3.8, 4) is 11.5 Å². The van der Waals surface area contributed by atoms with Crippen LogP contribution in [0.25, 0.3) is 0 Å². The van der Waals surface area contributed by atoms with Crippen LogP contribution in [0.3, 0.4) is 0 Å². The number of amides is 2. The molecule has 0 unspecified atom stereocenters. The van der Waals surface area contributed by atoms with Crippen LogP contribution in [0.4, 0.5) is 0 Å². The predicted molar refractivity (Wildman–Crippen MR) is 138 cm³/mol. The van der Waals surface area contributed by atoms with E-state index in [1.54, 1.807) is 25.2 Å². The second-order valence-electron chi connectivity index (χ2n) is 8.78. The van der Waals surface area contributed by atoms with E-state index in [1.807, 2.05) is 60.0 Å². The van der Waals surface area contributed by atoms with E-state index in [0.29, 0.717) is 10.6 Å². The molecule has 1 saturated carbocycles. The van der Waals surface area contributed by atoms with Crippen molar-refractivity contribution in [2.75, 3.05) is 14.2 Å². The second-order valence-corrected chi connectivity index (χ2v) is 9.73. The van der Waals surface area contributed by atoms with Crippen LogP contribution in [-0.4, -0.2) is 37.0 Å². The molecule has 1 heterocycles. The average Bonchev–Trinajstić information content (AvgIpc) is 3.44. The molecular formula is C28H32N2O4S. The van der Waals surface area contributed by atoms with Gasteiger partial charge in [-0.05, 0) is 59.7 Å². The summed E-state index contributed by atoms with van der Waals surface area (Å²) < 4.78 is 10.7. The summed E-state index contributed by atoms with van der Waals surface area (Å²) in [7, 11) is 3.22. The summed E-state index contributed by atoms with van der Waals surface area (Å²) in [6.45, 7) is 0.278. The van der Waals surface area contributed by atoms with E-state index in [-0.39, 0.29) is 24.4 Å². The minimum absolute atomic E-state index is 0.129. The van der Waals surface area contributed by atoms with Gasteiger partial charge in [0.2, 0.25) is 5.91 Å². The molecule has 35 heavy (non-hydrogen) atoms. The molecular weight excluding hydrogens is 460 g/mol. The zero-order valence-corrected chi connectivity index (χ0v) is 21.1. The molecule has 1 aliphatic rings. The first kappa shape index (κ1) is 24.8. The predicted octanol–water partition coefficient (Wildman–Crippen LogP) is 5.60.